The highest BCUT2D eigenvalue weighted by Gasteiger charge is 2.30. The molecule has 0 saturated carbocycles. The summed E-state index contributed by atoms with van der Waals surface area (Å²) >= 11 is 0. The topological polar surface area (TPSA) is 105 Å². The molecule has 2 atom stereocenters. The minimum Gasteiger partial charge on any atom is -0.481 e. The van der Waals surface area contributed by atoms with E-state index in [0.29, 0.717) is 19.3 Å². The first-order chi connectivity index (χ1) is 16.6. The zero-order chi connectivity index (χ0) is 25.6. The van der Waals surface area contributed by atoms with Crippen molar-refractivity contribution in [1.29, 1.82) is 0 Å². The van der Waals surface area contributed by atoms with Gasteiger partial charge in [-0.05, 0) is 46.9 Å². The predicted octanol–water partition coefficient (Wildman–Crippen LogP) is 5.09. The monoisotopic (exact) mass is 480 g/mol. The maximum absolute atomic E-state index is 13.0. The molecule has 2 aromatic rings. The third-order valence-electron chi connectivity index (χ3n) is 6.40. The predicted molar refractivity (Wildman–Crippen MR) is 135 cm³/mol. The van der Waals surface area contributed by atoms with Crippen LogP contribution in [-0.4, -0.2) is 41.8 Å². The molecule has 0 fully saturated rings. The standard InChI is InChI=1S/C28H36N2O5/c1-5-18(16-25(31)32)29-26(33)24(14-15-28(2,3)4)30-27(34)35-17-23-21-12-8-6-10-19(21)20-11-7-9-13-22(20)23/h6-13,18,23-24H,5,14-17H2,1-4H3,(H,29,33)(H,30,34)(H,31,32)/t18-,24?/m0/s1. The van der Waals surface area contributed by atoms with Crippen LogP contribution in [0.2, 0.25) is 0 Å². The van der Waals surface area contributed by atoms with E-state index in [9.17, 15) is 14.4 Å². The van der Waals surface area contributed by atoms with Crippen LogP contribution in [0.3, 0.4) is 0 Å². The van der Waals surface area contributed by atoms with E-state index < -0.39 is 30.1 Å². The summed E-state index contributed by atoms with van der Waals surface area (Å²) in [5, 5.41) is 14.6. The quantitative estimate of drug-likeness (QED) is 0.439. The van der Waals surface area contributed by atoms with Crippen LogP contribution < -0.4 is 10.6 Å². The van der Waals surface area contributed by atoms with Crippen LogP contribution in [0, 0.1) is 5.41 Å². The molecule has 3 N–H and O–H groups in total. The number of carboxylic acid groups (broad SMARTS) is 1. The van der Waals surface area contributed by atoms with Crippen molar-refractivity contribution in [1.82, 2.24) is 10.6 Å². The number of benzene rings is 2. The van der Waals surface area contributed by atoms with Gasteiger partial charge in [0.1, 0.15) is 12.6 Å². The van der Waals surface area contributed by atoms with E-state index >= 15 is 0 Å². The molecule has 2 aromatic carbocycles. The second-order valence-electron chi connectivity index (χ2n) is 10.3. The molecule has 1 aliphatic rings. The van der Waals surface area contributed by atoms with Gasteiger partial charge < -0.3 is 20.5 Å². The van der Waals surface area contributed by atoms with Crippen molar-refractivity contribution < 1.29 is 24.2 Å². The van der Waals surface area contributed by atoms with Gasteiger partial charge in [-0.1, -0.05) is 76.2 Å². The Kier molecular flexibility index (Phi) is 8.54. The van der Waals surface area contributed by atoms with Gasteiger partial charge in [-0.25, -0.2) is 4.79 Å². The number of hydrogen-bond donors (Lipinski definition) is 3. The summed E-state index contributed by atoms with van der Waals surface area (Å²) in [5.41, 5.74) is 4.48. The molecule has 3 rings (SSSR count). The second kappa shape index (κ2) is 11.4. The maximum atomic E-state index is 13.0. The average Bonchev–Trinajstić information content (AvgIpc) is 3.12. The van der Waals surface area contributed by atoms with Crippen LogP contribution in [0.25, 0.3) is 11.1 Å². The molecule has 7 nitrogen and oxygen atoms in total. The number of amides is 2. The van der Waals surface area contributed by atoms with Gasteiger partial charge in [0.25, 0.3) is 0 Å². The van der Waals surface area contributed by atoms with E-state index in [1.165, 1.54) is 0 Å². The fourth-order valence-electron chi connectivity index (χ4n) is 4.44. The average molecular weight is 481 g/mol. The van der Waals surface area contributed by atoms with Gasteiger partial charge in [-0.3, -0.25) is 9.59 Å². The van der Waals surface area contributed by atoms with Gasteiger partial charge >= 0.3 is 12.1 Å². The molecule has 0 saturated heterocycles. The highest BCUT2D eigenvalue weighted by atomic mass is 16.5. The number of rotatable bonds is 10. The van der Waals surface area contributed by atoms with Gasteiger partial charge in [0, 0.05) is 12.0 Å². The van der Waals surface area contributed by atoms with Crippen molar-refractivity contribution >= 4 is 18.0 Å². The van der Waals surface area contributed by atoms with E-state index in [1.54, 1.807) is 0 Å². The number of carboxylic acids is 1. The molecular weight excluding hydrogens is 444 g/mol. The maximum Gasteiger partial charge on any atom is 0.407 e. The molecule has 0 heterocycles. The van der Waals surface area contributed by atoms with Crippen LogP contribution in [0.1, 0.15) is 70.4 Å². The molecule has 188 valence electrons. The van der Waals surface area contributed by atoms with Crippen molar-refractivity contribution in [3.8, 4) is 11.1 Å². The first-order valence-electron chi connectivity index (χ1n) is 12.2. The molecule has 35 heavy (non-hydrogen) atoms. The summed E-state index contributed by atoms with van der Waals surface area (Å²) in [4.78, 5) is 36.8. The Morgan fingerprint density at radius 2 is 1.54 bits per heavy atom. The zero-order valence-electron chi connectivity index (χ0n) is 21.0. The Balaban J connectivity index is 1.67. The second-order valence-corrected chi connectivity index (χ2v) is 10.3. The first kappa shape index (κ1) is 26.3. The van der Waals surface area contributed by atoms with Crippen LogP contribution >= 0.6 is 0 Å². The number of fused-ring (bicyclic) bond motifs is 3. The van der Waals surface area contributed by atoms with Crippen LogP contribution in [0.15, 0.2) is 48.5 Å². The summed E-state index contributed by atoms with van der Waals surface area (Å²) in [5.74, 6) is -1.45. The fourth-order valence-corrected chi connectivity index (χ4v) is 4.44. The number of carbonyl (C=O) groups is 3. The Hall–Kier alpha value is -3.35. The van der Waals surface area contributed by atoms with Gasteiger partial charge in [0.05, 0.1) is 6.42 Å². The van der Waals surface area contributed by atoms with Crippen molar-refractivity contribution in [3.05, 3.63) is 59.7 Å². The largest absolute Gasteiger partial charge is 0.481 e. The molecule has 7 heteroatoms. The third-order valence-corrected chi connectivity index (χ3v) is 6.40. The number of hydrogen-bond acceptors (Lipinski definition) is 4. The SMILES string of the molecule is CC[C@@H](CC(=O)O)NC(=O)C(CCC(C)(C)C)NC(=O)OCC1c2ccccc2-c2ccccc21. The third kappa shape index (κ3) is 7.07. The van der Waals surface area contributed by atoms with Crippen LogP contribution in [-0.2, 0) is 14.3 Å². The Labute approximate surface area is 207 Å². The van der Waals surface area contributed by atoms with Crippen molar-refractivity contribution in [2.75, 3.05) is 6.61 Å². The van der Waals surface area contributed by atoms with Gasteiger partial charge in [0.15, 0.2) is 0 Å². The van der Waals surface area contributed by atoms with Crippen molar-refractivity contribution in [3.63, 3.8) is 0 Å². The highest BCUT2D eigenvalue weighted by Crippen LogP contribution is 2.44. The zero-order valence-corrected chi connectivity index (χ0v) is 21.0. The lowest BCUT2D eigenvalue weighted by Crippen LogP contribution is -2.50. The molecule has 0 bridgehead atoms. The summed E-state index contributed by atoms with van der Waals surface area (Å²) in [6, 6.07) is 14.9. The molecule has 1 aliphatic carbocycles. The van der Waals surface area contributed by atoms with Gasteiger partial charge in [0.2, 0.25) is 5.91 Å². The minimum absolute atomic E-state index is 0.0351. The number of nitrogens with one attached hydrogen (secondary N) is 2. The molecule has 2 amide bonds. The lowest BCUT2D eigenvalue weighted by atomic mass is 9.88. The number of aliphatic carboxylic acids is 1. The Morgan fingerprint density at radius 1 is 0.971 bits per heavy atom. The molecule has 0 aromatic heterocycles. The summed E-state index contributed by atoms with van der Waals surface area (Å²) in [6.45, 7) is 8.17. The number of carbonyl (C=O) groups excluding carboxylic acids is 2. The Morgan fingerprint density at radius 3 is 2.06 bits per heavy atom. The summed E-state index contributed by atoms with van der Waals surface area (Å²) in [6.07, 6.45) is 0.772. The van der Waals surface area contributed by atoms with E-state index in [1.807, 2.05) is 43.3 Å². The lowest BCUT2D eigenvalue weighted by Gasteiger charge is -2.25. The van der Waals surface area contributed by atoms with Crippen LogP contribution in [0.4, 0.5) is 4.79 Å². The Bertz CT molecular complexity index is 1010. The molecule has 0 spiro atoms. The minimum atomic E-state index is -0.979. The molecular formula is C28H36N2O5. The highest BCUT2D eigenvalue weighted by molar-refractivity contribution is 5.86. The molecule has 1 unspecified atom stereocenters. The molecule has 0 radical (unpaired) electrons. The fraction of sp³-hybridized carbons (Fsp3) is 0.464. The van der Waals surface area contributed by atoms with E-state index in [4.69, 9.17) is 9.84 Å². The summed E-state index contributed by atoms with van der Waals surface area (Å²) in [7, 11) is 0. The van der Waals surface area contributed by atoms with Crippen molar-refractivity contribution in [2.24, 2.45) is 5.41 Å². The van der Waals surface area contributed by atoms with Gasteiger partial charge in [-0.15, -0.1) is 0 Å². The lowest BCUT2D eigenvalue weighted by molar-refractivity contribution is -0.137. The van der Waals surface area contributed by atoms with Gasteiger partial charge in [-0.2, -0.15) is 0 Å². The van der Waals surface area contributed by atoms with Crippen LogP contribution in [0.5, 0.6) is 0 Å². The number of ether oxygens (including phenoxy) is 1. The number of alkyl carbamates (subject to hydrolysis) is 1. The summed E-state index contributed by atoms with van der Waals surface area (Å²) < 4.78 is 5.62. The van der Waals surface area contributed by atoms with E-state index in [2.05, 4.69) is 43.5 Å². The van der Waals surface area contributed by atoms with E-state index in [0.717, 1.165) is 22.3 Å². The van der Waals surface area contributed by atoms with E-state index in [-0.39, 0.29) is 24.4 Å². The smallest absolute Gasteiger partial charge is 0.407 e. The first-order valence-corrected chi connectivity index (χ1v) is 12.2. The normalized spacial score (nSPS) is 14.4. The van der Waals surface area contributed by atoms with Crippen molar-refractivity contribution in [2.45, 2.75) is 71.4 Å². The molecule has 0 aliphatic heterocycles.